The fourth-order valence-corrected chi connectivity index (χ4v) is 34.9. The van der Waals surface area contributed by atoms with Crippen LogP contribution in [0, 0.1) is 34.6 Å². The first-order valence-corrected chi connectivity index (χ1v) is 35.9. The maximum Gasteiger partial charge on any atom is 0.560 e. The zero-order valence-corrected chi connectivity index (χ0v) is 52.6. The van der Waals surface area contributed by atoms with Crippen molar-refractivity contribution < 1.29 is 27.3 Å². The number of rotatable bonds is 19. The van der Waals surface area contributed by atoms with Crippen LogP contribution in [0.25, 0.3) is 21.5 Å². The predicted octanol–water partition coefficient (Wildman–Crippen LogP) is 18.3. The summed E-state index contributed by atoms with van der Waals surface area (Å²) in [5, 5.41) is 15.3. The van der Waals surface area contributed by atoms with Gasteiger partial charge >= 0.3 is 7.12 Å². The van der Waals surface area contributed by atoms with E-state index < -0.39 is 51.5 Å². The van der Waals surface area contributed by atoms with Crippen molar-refractivity contribution in [1.82, 2.24) is 0 Å². The Hall–Kier alpha value is -3.33. The molecule has 0 radical (unpaired) electrons. The highest BCUT2D eigenvalue weighted by molar-refractivity contribution is 6.91. The first-order valence-electron chi connectivity index (χ1n) is 27.1. The Morgan fingerprint density at radius 2 is 0.732 bits per heavy atom. The Balaban J connectivity index is 2.25. The van der Waals surface area contributed by atoms with Crippen molar-refractivity contribution in [1.29, 1.82) is 0 Å². The molecule has 390 valence electrons. The van der Waals surface area contributed by atoms with Crippen LogP contribution in [-0.2, 0) is 0 Å². The molecule has 1 N–H and O–H groups in total. The van der Waals surface area contributed by atoms with Crippen molar-refractivity contribution in [2.45, 2.75) is 233 Å². The zero-order chi connectivity index (χ0) is 54.0. The van der Waals surface area contributed by atoms with E-state index in [1.807, 2.05) is 24.3 Å². The van der Waals surface area contributed by atoms with Gasteiger partial charge in [0.25, 0.3) is 16.6 Å². The average Bonchev–Trinajstić information content (AvgIpc) is 3.24. The van der Waals surface area contributed by atoms with Gasteiger partial charge in [0.15, 0.2) is 0 Å². The van der Waals surface area contributed by atoms with E-state index >= 15 is 8.78 Å². The lowest BCUT2D eigenvalue weighted by molar-refractivity contribution is 0.431. The van der Waals surface area contributed by atoms with Crippen molar-refractivity contribution in [2.24, 2.45) is 0 Å². The smallest absolute Gasteiger partial charge is 0.543 e. The molecule has 0 heterocycles. The van der Waals surface area contributed by atoms with Crippen molar-refractivity contribution in [3.8, 4) is 40.2 Å². The maximum atomic E-state index is 16.8. The third-order valence-corrected chi connectivity index (χ3v) is 41.7. The Morgan fingerprint density at radius 3 is 1.06 bits per heavy atom. The van der Waals surface area contributed by atoms with Crippen LogP contribution in [0.1, 0.15) is 177 Å². The fraction of sp³-hybridized carbons (Fsp3) is 0.600. The van der Waals surface area contributed by atoms with Gasteiger partial charge in [0, 0.05) is 22.3 Å². The first kappa shape index (κ1) is 60.2. The summed E-state index contributed by atoms with van der Waals surface area (Å²) < 4.78 is 55.3. The number of hydrogen-bond acceptors (Lipinski definition) is 4. The Kier molecular flexibility index (Phi) is 19.9. The van der Waals surface area contributed by atoms with Crippen LogP contribution in [0.15, 0.2) is 48.5 Å². The molecule has 0 saturated carbocycles. The number of hydrogen-bond donors (Lipinski definition) is 1. The van der Waals surface area contributed by atoms with Crippen molar-refractivity contribution >= 4 is 66.9 Å². The van der Waals surface area contributed by atoms with Gasteiger partial charge in [-0.25, -0.2) is 8.78 Å². The van der Waals surface area contributed by atoms with Crippen LogP contribution in [-0.4, -0.2) is 44.9 Å². The minimum atomic E-state index is -2.53. The SMILES string of the molecule is CC(C)[Si](C#Cc1c(F)ccc2cc(O[Si](C(C)C)(C(C)C)C(C)C)cc(OB(O)c3cc(O[Si](C(C)C)(C(C)C)C(C)C)cc4ccc(F)c(C#C[Si](C(C)C)(C(C)C)C(C)C)c34)c12)(C(C)C)C(C)C. The third kappa shape index (κ3) is 11.4. The molecule has 0 bridgehead atoms. The third-order valence-electron chi connectivity index (χ3n) is 17.1. The van der Waals surface area contributed by atoms with Gasteiger partial charge in [-0.05, 0) is 108 Å². The molecule has 0 amide bonds. The number of fused-ring (bicyclic) bond motifs is 2. The molecule has 0 aliphatic rings. The van der Waals surface area contributed by atoms with Gasteiger partial charge in [-0.3, -0.25) is 0 Å². The zero-order valence-electron chi connectivity index (χ0n) is 48.6. The second-order valence-electron chi connectivity index (χ2n) is 24.6. The van der Waals surface area contributed by atoms with Gasteiger partial charge in [0.05, 0.1) is 11.1 Å². The van der Waals surface area contributed by atoms with Crippen LogP contribution in [0.2, 0.25) is 66.5 Å². The van der Waals surface area contributed by atoms with E-state index in [-0.39, 0.29) is 50.1 Å². The van der Waals surface area contributed by atoms with Crippen LogP contribution < -0.4 is 19.0 Å². The summed E-state index contributed by atoms with van der Waals surface area (Å²) in [5.41, 5.74) is 11.9. The second-order valence-corrected chi connectivity index (χ2v) is 46.5. The van der Waals surface area contributed by atoms with E-state index in [2.05, 4.69) is 189 Å². The van der Waals surface area contributed by atoms with Crippen LogP contribution in [0.5, 0.6) is 17.2 Å². The number of halogens is 2. The highest BCUT2D eigenvalue weighted by atomic mass is 28.4. The summed E-state index contributed by atoms with van der Waals surface area (Å²) in [5.74, 6) is 7.41. The molecule has 0 aliphatic carbocycles. The molecule has 11 heteroatoms. The fourth-order valence-electron chi connectivity index (χ4n) is 14.0. The predicted molar refractivity (Wildman–Crippen MR) is 315 cm³/mol. The quantitative estimate of drug-likeness (QED) is 0.0751. The highest BCUT2D eigenvalue weighted by Gasteiger charge is 2.49. The van der Waals surface area contributed by atoms with Crippen molar-refractivity contribution in [2.75, 3.05) is 0 Å². The van der Waals surface area contributed by atoms with Crippen molar-refractivity contribution in [3.05, 3.63) is 71.3 Å². The van der Waals surface area contributed by atoms with Gasteiger partial charge in [0.2, 0.25) is 0 Å². The van der Waals surface area contributed by atoms with Crippen molar-refractivity contribution in [3.63, 3.8) is 0 Å². The average molecular weight is 1040 g/mol. The van der Waals surface area contributed by atoms with E-state index in [0.717, 1.165) is 0 Å². The van der Waals surface area contributed by atoms with E-state index in [9.17, 15) is 5.02 Å². The van der Waals surface area contributed by atoms with Crippen LogP contribution in [0.3, 0.4) is 0 Å². The Bertz CT molecular complexity index is 2520. The molecule has 0 spiro atoms. The molecule has 4 rings (SSSR count). The maximum absolute atomic E-state index is 16.8. The Morgan fingerprint density at radius 1 is 0.423 bits per heavy atom. The van der Waals surface area contributed by atoms with E-state index in [0.29, 0.717) is 71.8 Å². The van der Waals surface area contributed by atoms with Gasteiger partial charge in [-0.1, -0.05) is 190 Å². The molecule has 0 unspecified atom stereocenters. The summed E-state index contributed by atoms with van der Waals surface area (Å²) in [6, 6.07) is 14.1. The Labute approximate surface area is 436 Å². The normalized spacial score (nSPS) is 13.2. The molecular weight excluding hydrogens is 946 g/mol. The van der Waals surface area contributed by atoms with Crippen LogP contribution >= 0.6 is 0 Å². The molecule has 0 fully saturated rings. The molecular formula is C60H93BF2O4Si4. The topological polar surface area (TPSA) is 47.9 Å². The van der Waals surface area contributed by atoms with E-state index in [4.69, 9.17) is 13.5 Å². The lowest BCUT2D eigenvalue weighted by atomic mass is 9.75. The molecule has 0 aliphatic heterocycles. The monoisotopic (exact) mass is 1040 g/mol. The lowest BCUT2D eigenvalue weighted by Gasteiger charge is -2.42. The summed E-state index contributed by atoms with van der Waals surface area (Å²) in [4.78, 5) is 0. The summed E-state index contributed by atoms with van der Waals surface area (Å²) >= 11 is 0. The first-order chi connectivity index (χ1) is 32.8. The molecule has 4 aromatic carbocycles. The van der Waals surface area contributed by atoms with E-state index in [1.165, 1.54) is 12.1 Å². The summed E-state index contributed by atoms with van der Waals surface area (Å²) in [6.45, 7) is 53.9. The van der Waals surface area contributed by atoms with Gasteiger partial charge in [0.1, 0.15) is 45.0 Å². The lowest BCUT2D eigenvalue weighted by Crippen LogP contribution is -2.51. The van der Waals surface area contributed by atoms with Gasteiger partial charge in [-0.2, -0.15) is 0 Å². The highest BCUT2D eigenvalue weighted by Crippen LogP contribution is 2.47. The summed E-state index contributed by atoms with van der Waals surface area (Å²) in [6.07, 6.45) is 0. The molecule has 4 aromatic rings. The van der Waals surface area contributed by atoms with Crippen LogP contribution in [0.4, 0.5) is 8.78 Å². The molecule has 0 atom stereocenters. The largest absolute Gasteiger partial charge is 0.560 e. The summed E-state index contributed by atoms with van der Waals surface area (Å²) in [7, 11) is -11.4. The van der Waals surface area contributed by atoms with Gasteiger partial charge in [-0.15, -0.1) is 11.1 Å². The minimum Gasteiger partial charge on any atom is -0.543 e. The minimum absolute atomic E-state index is 0.226. The van der Waals surface area contributed by atoms with Gasteiger partial charge < -0.3 is 18.5 Å². The molecule has 4 nitrogen and oxygen atoms in total. The van der Waals surface area contributed by atoms with E-state index in [1.54, 1.807) is 12.1 Å². The number of benzene rings is 4. The second kappa shape index (κ2) is 23.5. The standard InChI is InChI=1S/C60H93BF2O4Si4/c1-37(2)68(38(3)4,39(5)6)31-29-53-56(62)27-25-49-33-51(66-70(43(13)14,44(15)16)45(17)18)35-55(59(49)53)61(64)65-58-36-52(67-71(46(19)20,47(21)22)48(23)24)34-50-26-28-57(63)54(60(50)58)30-32-69(40(7)8,41(9)10)42(11)12/h25-28,33-48,64H,1-24H3. The molecule has 0 aromatic heterocycles. The molecule has 71 heavy (non-hydrogen) atoms. The molecule has 0 saturated heterocycles.